The van der Waals surface area contributed by atoms with Gasteiger partial charge in [0.05, 0.1) is 18.6 Å². The van der Waals surface area contributed by atoms with Gasteiger partial charge in [-0.2, -0.15) is 5.26 Å². The number of amides is 1. The molecule has 34 heavy (non-hydrogen) atoms. The molecular formula is C23H23N3O8. The Morgan fingerprint density at radius 1 is 1.18 bits per heavy atom. The summed E-state index contributed by atoms with van der Waals surface area (Å²) >= 11 is 0. The van der Waals surface area contributed by atoms with Gasteiger partial charge in [0.25, 0.3) is 11.6 Å². The number of carbonyl (C=O) groups is 2. The summed E-state index contributed by atoms with van der Waals surface area (Å²) in [6.07, 6.45) is 1.37. The number of nitro benzene ring substituents is 1. The van der Waals surface area contributed by atoms with Crippen molar-refractivity contribution in [3.63, 3.8) is 0 Å². The molecule has 11 nitrogen and oxygen atoms in total. The minimum Gasteiger partial charge on any atom is -0.493 e. The fourth-order valence-electron chi connectivity index (χ4n) is 2.75. The highest BCUT2D eigenvalue weighted by Crippen LogP contribution is 2.29. The normalized spacial score (nSPS) is 10.7. The molecule has 0 fully saturated rings. The van der Waals surface area contributed by atoms with Crippen LogP contribution in [0.2, 0.25) is 0 Å². The van der Waals surface area contributed by atoms with Crippen LogP contribution in [0.1, 0.15) is 11.1 Å². The highest BCUT2D eigenvalue weighted by molar-refractivity contribution is 6.01. The Bertz CT molecular complexity index is 1140. The fraction of sp³-hybridized carbons (Fsp3) is 0.261. The Morgan fingerprint density at radius 3 is 2.56 bits per heavy atom. The Labute approximate surface area is 195 Å². The van der Waals surface area contributed by atoms with Gasteiger partial charge in [0.15, 0.2) is 18.1 Å². The first-order valence-electron chi connectivity index (χ1n) is 9.94. The number of nitriles is 1. The third kappa shape index (κ3) is 7.32. The number of methoxy groups -OCH3 is 2. The molecule has 0 aliphatic rings. The van der Waals surface area contributed by atoms with Crippen molar-refractivity contribution < 1.29 is 33.5 Å². The van der Waals surface area contributed by atoms with Gasteiger partial charge in [-0.25, -0.2) is 4.79 Å². The van der Waals surface area contributed by atoms with Gasteiger partial charge >= 0.3 is 5.97 Å². The molecule has 0 aliphatic heterocycles. The third-order valence-corrected chi connectivity index (χ3v) is 4.40. The van der Waals surface area contributed by atoms with Crippen molar-refractivity contribution in [2.75, 3.05) is 34.0 Å². The maximum Gasteiger partial charge on any atom is 0.349 e. The molecule has 2 aromatic carbocycles. The van der Waals surface area contributed by atoms with E-state index < -0.39 is 23.4 Å². The molecule has 0 atom stereocenters. The maximum atomic E-state index is 12.2. The van der Waals surface area contributed by atoms with Crippen LogP contribution in [0.5, 0.6) is 17.2 Å². The Hall–Kier alpha value is -4.43. The standard InChI is InChI=1S/C23H23N3O8/c1-15-10-18(5-6-19(15)26(29)30)33-14-22(27)34-20-7-4-16(12-21(20)32-3)11-17(13-24)23(28)25-8-9-31-2/h4-7,10-12H,8-9,14H2,1-3H3,(H,25,28)/b17-11+. The number of rotatable bonds is 11. The number of nitro groups is 1. The minimum absolute atomic E-state index is 0.0548. The molecule has 0 aliphatic carbocycles. The van der Waals surface area contributed by atoms with Crippen LogP contribution in [0.15, 0.2) is 42.0 Å². The zero-order chi connectivity index (χ0) is 25.1. The van der Waals surface area contributed by atoms with Crippen LogP contribution in [0.4, 0.5) is 5.69 Å². The van der Waals surface area contributed by atoms with Gasteiger partial charge in [0.2, 0.25) is 0 Å². The fourth-order valence-corrected chi connectivity index (χ4v) is 2.75. The Balaban J connectivity index is 2.05. The lowest BCUT2D eigenvalue weighted by atomic mass is 10.1. The highest BCUT2D eigenvalue weighted by atomic mass is 16.6. The summed E-state index contributed by atoms with van der Waals surface area (Å²) in [6.45, 7) is 1.69. The van der Waals surface area contributed by atoms with Crippen molar-refractivity contribution in [3.8, 4) is 23.3 Å². The van der Waals surface area contributed by atoms with Gasteiger partial charge in [-0.3, -0.25) is 14.9 Å². The molecule has 2 aromatic rings. The van der Waals surface area contributed by atoms with Crippen LogP contribution in [0.3, 0.4) is 0 Å². The Morgan fingerprint density at radius 2 is 1.94 bits per heavy atom. The van der Waals surface area contributed by atoms with E-state index in [4.69, 9.17) is 18.9 Å². The summed E-state index contributed by atoms with van der Waals surface area (Å²) in [5, 5.41) is 22.7. The number of aryl methyl sites for hydroxylation is 1. The van der Waals surface area contributed by atoms with Crippen molar-refractivity contribution in [1.82, 2.24) is 5.32 Å². The summed E-state index contributed by atoms with van der Waals surface area (Å²) in [5.74, 6) is -0.692. The van der Waals surface area contributed by atoms with Crippen molar-refractivity contribution in [2.45, 2.75) is 6.92 Å². The third-order valence-electron chi connectivity index (χ3n) is 4.40. The molecule has 0 heterocycles. The van der Waals surface area contributed by atoms with Crippen LogP contribution < -0.4 is 19.5 Å². The molecule has 0 bridgehead atoms. The molecule has 1 N–H and O–H groups in total. The Kier molecular flexibility index (Phi) is 9.55. The second kappa shape index (κ2) is 12.6. The second-order valence-electron chi connectivity index (χ2n) is 6.80. The number of carbonyl (C=O) groups excluding carboxylic acids is 2. The van der Waals surface area contributed by atoms with Crippen molar-refractivity contribution >= 4 is 23.6 Å². The summed E-state index contributed by atoms with van der Waals surface area (Å²) in [6, 6.07) is 10.5. The molecule has 0 spiro atoms. The minimum atomic E-state index is -0.729. The molecule has 0 saturated carbocycles. The largest absolute Gasteiger partial charge is 0.493 e. The van der Waals surface area contributed by atoms with E-state index in [1.54, 1.807) is 13.0 Å². The van der Waals surface area contributed by atoms with Crippen LogP contribution in [0.25, 0.3) is 6.08 Å². The summed E-state index contributed by atoms with van der Waals surface area (Å²) in [5.41, 5.74) is 0.702. The number of benzene rings is 2. The van der Waals surface area contributed by atoms with Gasteiger partial charge in [-0.05, 0) is 42.8 Å². The van der Waals surface area contributed by atoms with Crippen molar-refractivity contribution in [1.29, 1.82) is 5.26 Å². The summed E-state index contributed by atoms with van der Waals surface area (Å²) < 4.78 is 20.7. The van der Waals surface area contributed by atoms with Gasteiger partial charge in [-0.1, -0.05) is 6.07 Å². The quantitative estimate of drug-likeness (QED) is 0.0996. The van der Waals surface area contributed by atoms with E-state index >= 15 is 0 Å². The first kappa shape index (κ1) is 25.8. The van der Waals surface area contributed by atoms with E-state index in [9.17, 15) is 25.0 Å². The number of esters is 1. The van der Waals surface area contributed by atoms with Gasteiger partial charge < -0.3 is 24.3 Å². The van der Waals surface area contributed by atoms with Crippen LogP contribution >= 0.6 is 0 Å². The highest BCUT2D eigenvalue weighted by Gasteiger charge is 2.15. The van der Waals surface area contributed by atoms with Gasteiger partial charge in [0, 0.05) is 25.3 Å². The number of nitrogens with one attached hydrogen (secondary N) is 1. The lowest BCUT2D eigenvalue weighted by molar-refractivity contribution is -0.385. The molecule has 11 heteroatoms. The van der Waals surface area contributed by atoms with Crippen LogP contribution in [-0.2, 0) is 14.3 Å². The van der Waals surface area contributed by atoms with E-state index in [1.165, 1.54) is 50.6 Å². The smallest absolute Gasteiger partial charge is 0.349 e. The molecular weight excluding hydrogens is 446 g/mol. The molecule has 0 radical (unpaired) electrons. The van der Waals surface area contributed by atoms with Gasteiger partial charge in [-0.15, -0.1) is 0 Å². The van der Waals surface area contributed by atoms with E-state index in [0.717, 1.165) is 0 Å². The average molecular weight is 469 g/mol. The predicted molar refractivity (Wildman–Crippen MR) is 120 cm³/mol. The van der Waals surface area contributed by atoms with Crippen LogP contribution in [-0.4, -0.2) is 50.8 Å². The predicted octanol–water partition coefficient (Wildman–Crippen LogP) is 2.57. The maximum absolute atomic E-state index is 12.2. The molecule has 0 unspecified atom stereocenters. The topological polar surface area (TPSA) is 150 Å². The SMILES string of the molecule is COCCNC(=O)/C(C#N)=C/c1ccc(OC(=O)COc2ccc([N+](=O)[O-])c(C)c2)c(OC)c1. The lowest BCUT2D eigenvalue weighted by Gasteiger charge is -2.11. The van der Waals surface area contributed by atoms with Gasteiger partial charge in [0.1, 0.15) is 17.4 Å². The van der Waals surface area contributed by atoms with Crippen LogP contribution in [0, 0.1) is 28.4 Å². The average Bonchev–Trinajstić information content (AvgIpc) is 2.81. The first-order chi connectivity index (χ1) is 16.3. The van der Waals surface area contributed by atoms with E-state index in [2.05, 4.69) is 5.32 Å². The lowest BCUT2D eigenvalue weighted by Crippen LogP contribution is -2.27. The van der Waals surface area contributed by atoms with Crippen molar-refractivity contribution in [2.24, 2.45) is 0 Å². The monoisotopic (exact) mass is 469 g/mol. The first-order valence-corrected chi connectivity index (χ1v) is 9.94. The summed E-state index contributed by atoms with van der Waals surface area (Å²) in [4.78, 5) is 34.7. The van der Waals surface area contributed by atoms with E-state index in [-0.39, 0.29) is 35.1 Å². The molecule has 178 valence electrons. The molecule has 1 amide bonds. The zero-order valence-corrected chi connectivity index (χ0v) is 18.8. The van der Waals surface area contributed by atoms with E-state index in [0.29, 0.717) is 17.7 Å². The molecule has 0 saturated heterocycles. The molecule has 0 aromatic heterocycles. The number of nitrogens with zero attached hydrogens (tertiary/aromatic N) is 2. The molecule has 2 rings (SSSR count). The zero-order valence-electron chi connectivity index (χ0n) is 18.8. The van der Waals surface area contributed by atoms with Crippen molar-refractivity contribution in [3.05, 3.63) is 63.2 Å². The van der Waals surface area contributed by atoms with E-state index in [1.807, 2.05) is 6.07 Å². The number of hydrogen-bond acceptors (Lipinski definition) is 9. The number of hydrogen-bond donors (Lipinski definition) is 1. The number of ether oxygens (including phenoxy) is 4. The second-order valence-corrected chi connectivity index (χ2v) is 6.80. The summed E-state index contributed by atoms with van der Waals surface area (Å²) in [7, 11) is 2.87.